The number of pyridine rings is 5. The Hall–Kier alpha value is -8.15. The van der Waals surface area contributed by atoms with Crippen LogP contribution in [0.2, 0.25) is 0 Å². The monoisotopic (exact) mass is 1300 g/mol. The number of aryl methyl sites for hydroxylation is 15. The minimum atomic E-state index is -2.57. The molecular weight excluding hydrogens is 1160 g/mol. The van der Waals surface area contributed by atoms with Gasteiger partial charge in [0, 0.05) is 113 Å². The summed E-state index contributed by atoms with van der Waals surface area (Å²) in [5.41, 5.74) is 20.8. The number of hydrogen-bond donors (Lipinski definition) is 0. The summed E-state index contributed by atoms with van der Waals surface area (Å²) in [7, 11) is 9.34. The summed E-state index contributed by atoms with van der Waals surface area (Å²) in [6, 6.07) is 49.8. The van der Waals surface area contributed by atoms with Crippen molar-refractivity contribution < 1.29 is 50.3 Å². The number of aromatic nitrogens is 5. The van der Waals surface area contributed by atoms with Crippen LogP contribution < -0.4 is 22.8 Å². The van der Waals surface area contributed by atoms with E-state index in [1.807, 2.05) is 197 Å². The Morgan fingerprint density at radius 3 is 1.12 bits per heavy atom. The topological polar surface area (TPSA) is 19.4 Å². The van der Waals surface area contributed by atoms with Gasteiger partial charge in [0.25, 0.3) is 0 Å². The molecule has 5 aromatic heterocycles. The maximum atomic E-state index is 8.87. The molecule has 1 fully saturated rings. The molecule has 504 valence electrons. The second kappa shape index (κ2) is 34.7. The van der Waals surface area contributed by atoms with Crippen LogP contribution in [-0.4, -0.2) is 0 Å². The Morgan fingerprint density at radius 2 is 0.760 bits per heavy atom. The van der Waals surface area contributed by atoms with Gasteiger partial charge in [0.2, 0.25) is 28.5 Å². The van der Waals surface area contributed by atoms with Crippen LogP contribution in [0.15, 0.2) is 183 Å². The molecule has 0 N–H and O–H groups in total. The molecule has 5 heteroatoms. The molecule has 0 amide bonds. The lowest BCUT2D eigenvalue weighted by Gasteiger charge is -2.18. The summed E-state index contributed by atoms with van der Waals surface area (Å²) in [5, 5.41) is 0. The Kier molecular flexibility index (Phi) is 18.5. The maximum Gasteiger partial charge on any atom is 0.212 e. The summed E-state index contributed by atoms with van der Waals surface area (Å²) < 4.78 is 169. The number of rotatable bonds is 13. The second-order valence-corrected chi connectivity index (χ2v) is 27.0. The van der Waals surface area contributed by atoms with Gasteiger partial charge in [0.15, 0.2) is 31.0 Å². The van der Waals surface area contributed by atoms with Gasteiger partial charge in [-0.2, -0.15) is 0 Å². The van der Waals surface area contributed by atoms with Crippen LogP contribution in [-0.2, 0) is 48.0 Å². The number of nitrogens with zero attached hydrogens (tertiary/aromatic N) is 5. The van der Waals surface area contributed by atoms with E-state index in [0.29, 0.717) is 33.7 Å². The average molecular weight is 1300 g/mol. The van der Waals surface area contributed by atoms with Crippen molar-refractivity contribution in [1.82, 2.24) is 0 Å². The molecule has 0 aliphatic heterocycles. The average Bonchev–Trinajstić information content (AvgIpc) is 0.885. The number of benzene rings is 5. The van der Waals surface area contributed by atoms with E-state index < -0.39 is 58.3 Å². The second-order valence-electron chi connectivity index (χ2n) is 27.0. The van der Waals surface area contributed by atoms with Crippen molar-refractivity contribution in [1.29, 1.82) is 0 Å². The molecule has 10 aromatic rings. The quantitative estimate of drug-likeness (QED) is 0.103. The Bertz CT molecular complexity index is 4970. The van der Waals surface area contributed by atoms with Crippen molar-refractivity contribution in [3.8, 4) is 56.3 Å². The SMILES string of the molecule is [2H]C([2H])(C)c1cc(-c2ccccc2C)[n+](C)cc1C([2H])(C)C([2H])([2H])[2H].[2H]C([2H])([2H])c1c[n+](C)c(-c2ccccc2C)cc1C(C)C.[2H]C([2H])([2H])c1c[n+](C)c(-c2ccccc2C)cc1C([2H])(C)C(C)C.[2H]C([2H])([2H])c1c[n+](C)c(-c2ccccc2C)cc1C1([2H])CCCC1.[2H]C([2H])([2H])c1c[n+](C)c(-c2ccccc2C)cc1CC(C)C. The summed E-state index contributed by atoms with van der Waals surface area (Å²) in [4.78, 5) is 0. The zero-order valence-electron chi connectivity index (χ0n) is 80.8. The fourth-order valence-electron chi connectivity index (χ4n) is 12.5. The van der Waals surface area contributed by atoms with Crippen LogP contribution in [0.1, 0.15) is 229 Å². The molecule has 5 heterocycles. The van der Waals surface area contributed by atoms with Gasteiger partial charge < -0.3 is 0 Å². The first-order valence-corrected chi connectivity index (χ1v) is 33.9. The first-order chi connectivity index (χ1) is 53.4. The Labute approximate surface area is 610 Å². The highest BCUT2D eigenvalue weighted by Gasteiger charge is 2.25. The summed E-state index contributed by atoms with van der Waals surface area (Å²) in [5.74, 6) is -3.09. The van der Waals surface area contributed by atoms with E-state index in [4.69, 9.17) is 27.4 Å². The molecule has 11 rings (SSSR count). The van der Waals surface area contributed by atoms with Crippen LogP contribution in [0.3, 0.4) is 0 Å². The minimum absolute atomic E-state index is 0.00368. The van der Waals surface area contributed by atoms with Gasteiger partial charge in [-0.1, -0.05) is 173 Å². The molecule has 5 nitrogen and oxygen atoms in total. The molecular formula is C91H120N5+5. The van der Waals surface area contributed by atoms with E-state index in [9.17, 15) is 0 Å². The van der Waals surface area contributed by atoms with E-state index in [-0.39, 0.29) is 28.5 Å². The Balaban J connectivity index is 0.000000201. The predicted octanol–water partition coefficient (Wildman–Crippen LogP) is 21.1. The molecule has 96 heavy (non-hydrogen) atoms. The molecule has 1 saturated carbocycles. The van der Waals surface area contributed by atoms with Gasteiger partial charge in [-0.3, -0.25) is 0 Å². The third-order valence-electron chi connectivity index (χ3n) is 18.4. The largest absolute Gasteiger partial charge is 0.212 e. The van der Waals surface area contributed by atoms with Gasteiger partial charge in [-0.25, -0.2) is 22.8 Å². The van der Waals surface area contributed by atoms with E-state index in [1.54, 1.807) is 55.6 Å². The fraction of sp³-hybridized carbons (Fsp3) is 0.396. The lowest BCUT2D eigenvalue weighted by Crippen LogP contribution is -2.32. The van der Waals surface area contributed by atoms with Crippen molar-refractivity contribution in [2.75, 3.05) is 0 Å². The first-order valence-electron chi connectivity index (χ1n) is 43.9. The predicted molar refractivity (Wildman–Crippen MR) is 408 cm³/mol. The smallest absolute Gasteiger partial charge is 0.201 e. The summed E-state index contributed by atoms with van der Waals surface area (Å²) in [6.45, 7) is 15.8. The third kappa shape index (κ3) is 19.1. The normalized spacial score (nSPS) is 17.5. The van der Waals surface area contributed by atoms with E-state index in [1.165, 1.54) is 25.0 Å². The van der Waals surface area contributed by atoms with Crippen molar-refractivity contribution >= 4 is 0 Å². The lowest BCUT2D eigenvalue weighted by molar-refractivity contribution is -0.661. The van der Waals surface area contributed by atoms with Gasteiger partial charge >= 0.3 is 0 Å². The van der Waals surface area contributed by atoms with Crippen molar-refractivity contribution in [2.24, 2.45) is 47.1 Å². The summed E-state index contributed by atoms with van der Waals surface area (Å²) in [6.07, 6.45) is 10.9. The van der Waals surface area contributed by atoms with Crippen LogP contribution in [0.4, 0.5) is 0 Å². The van der Waals surface area contributed by atoms with E-state index in [0.717, 1.165) is 116 Å². The molecule has 0 bridgehead atoms. The van der Waals surface area contributed by atoms with Crippen LogP contribution in [0, 0.1) is 73.9 Å². The van der Waals surface area contributed by atoms with Crippen molar-refractivity contribution in [3.05, 3.63) is 266 Å². The zero-order chi connectivity index (χ0) is 87.3. The molecule has 0 radical (unpaired) electrons. The molecule has 1 aliphatic rings. The molecule has 1 aliphatic carbocycles. The van der Waals surface area contributed by atoms with Gasteiger partial charge in [0.05, 0.1) is 0 Å². The molecule has 2 atom stereocenters. The van der Waals surface area contributed by atoms with Gasteiger partial charge in [-0.15, -0.1) is 0 Å². The minimum Gasteiger partial charge on any atom is -0.201 e. The molecule has 0 spiro atoms. The molecule has 0 saturated heterocycles. The highest BCUT2D eigenvalue weighted by molar-refractivity contribution is 5.66. The highest BCUT2D eigenvalue weighted by Crippen LogP contribution is 2.37. The zero-order valence-corrected chi connectivity index (χ0v) is 60.8. The van der Waals surface area contributed by atoms with Crippen molar-refractivity contribution in [2.45, 2.75) is 193 Å². The van der Waals surface area contributed by atoms with E-state index >= 15 is 0 Å². The Morgan fingerprint density at radius 1 is 0.417 bits per heavy atom. The van der Waals surface area contributed by atoms with Crippen LogP contribution in [0.25, 0.3) is 56.3 Å². The van der Waals surface area contributed by atoms with Gasteiger partial charge in [-0.05, 0) is 209 Å². The first kappa shape index (κ1) is 51.1. The molecule has 2 unspecified atom stereocenters. The third-order valence-corrected chi connectivity index (χ3v) is 18.4. The summed E-state index contributed by atoms with van der Waals surface area (Å²) >= 11 is 0. The number of hydrogen-bond acceptors (Lipinski definition) is 0. The lowest BCUT2D eigenvalue weighted by atomic mass is 9.87. The maximum absolute atomic E-state index is 8.87. The highest BCUT2D eigenvalue weighted by atomic mass is 14.9. The van der Waals surface area contributed by atoms with E-state index in [2.05, 4.69) is 71.0 Å². The molecule has 5 aromatic carbocycles. The van der Waals surface area contributed by atoms with Crippen LogP contribution >= 0.6 is 0 Å². The fourth-order valence-corrected chi connectivity index (χ4v) is 12.5. The van der Waals surface area contributed by atoms with Crippen LogP contribution in [0.5, 0.6) is 0 Å². The van der Waals surface area contributed by atoms with Gasteiger partial charge in [0.1, 0.15) is 35.2 Å². The van der Waals surface area contributed by atoms with Crippen molar-refractivity contribution in [3.63, 3.8) is 0 Å². The standard InChI is InChI=1S/C19H24N.C19H26N.2C18H24N.C17H22N/c1-14-8-4-7-11-17(14)19-12-18(15(2)13-20(19)3)16-9-5-6-10-16;1-13(2)16(5)18-11-19(20(6)12-15(18)4)17-10-8-7-9-14(17)3;1-13(2)10-16-11-18(19(5)12-15(16)4)17-9-7-6-8-14(17)3;1-6-15-11-18(16-10-8-7-9-14(16)4)19(5)12-17(15)13(2)3;1-12(2)16-10-17(18(5)11-14(16)4)15-9-7-6-8-13(15)3/h4,7-8,11-13,16H,5-6,9-10H2,1-3H3;7-13,16H,1-6H3;6-9,11-13H,10H2,1-5H3;7-13H,6H2,1-5H3;6-12H,1-5H3/q5*+1/i2D3,16D;4D3,16D;4D3;2D3,6D2,13D;4D3.